The van der Waals surface area contributed by atoms with E-state index in [1.807, 2.05) is 12.1 Å². The lowest BCUT2D eigenvalue weighted by Gasteiger charge is -2.06. The summed E-state index contributed by atoms with van der Waals surface area (Å²) < 4.78 is 21.8. The van der Waals surface area contributed by atoms with Gasteiger partial charge in [0.05, 0.1) is 11.1 Å². The van der Waals surface area contributed by atoms with Gasteiger partial charge in [-0.1, -0.05) is 30.3 Å². The van der Waals surface area contributed by atoms with Crippen LogP contribution in [0, 0.1) is 0 Å². The number of benzene rings is 2. The van der Waals surface area contributed by atoms with E-state index in [9.17, 15) is 9.00 Å². The van der Waals surface area contributed by atoms with Gasteiger partial charge in [-0.15, -0.1) is 0 Å². The van der Waals surface area contributed by atoms with Gasteiger partial charge < -0.3 is 0 Å². The van der Waals surface area contributed by atoms with E-state index in [4.69, 9.17) is 4.55 Å². The number of aromatic nitrogens is 2. The van der Waals surface area contributed by atoms with E-state index >= 15 is 0 Å². The molecule has 0 fully saturated rings. The van der Waals surface area contributed by atoms with Crippen molar-refractivity contribution >= 4 is 27.7 Å². The lowest BCUT2D eigenvalue weighted by atomic mass is 10.1. The van der Waals surface area contributed by atoms with Crippen LogP contribution in [0.15, 0.2) is 53.3 Å². The summed E-state index contributed by atoms with van der Waals surface area (Å²) in [5.74, 6) is 0. The number of aromatic amines is 1. The summed E-state index contributed by atoms with van der Waals surface area (Å²) in [5.41, 5.74) is 1.75. The molecule has 0 radical (unpaired) electrons. The van der Waals surface area contributed by atoms with Crippen molar-refractivity contribution in [3.8, 4) is 11.3 Å². The Balaban J connectivity index is 2.10. The Bertz CT molecular complexity index is 875. The van der Waals surface area contributed by atoms with Gasteiger partial charge in [0.1, 0.15) is 0 Å². The number of fused-ring (bicyclic) bond motifs is 1. The number of nitrogens with zero attached hydrogens (tertiary/aromatic N) is 1. The Labute approximate surface area is 122 Å². The highest BCUT2D eigenvalue weighted by Crippen LogP contribution is 2.25. The molecule has 7 heteroatoms. The van der Waals surface area contributed by atoms with Gasteiger partial charge in [0.2, 0.25) is 0 Å². The van der Waals surface area contributed by atoms with Crippen molar-refractivity contribution in [1.29, 1.82) is 0 Å². The molecule has 106 valence electrons. The minimum Gasteiger partial charge on any atom is -0.289 e. The fourth-order valence-corrected chi connectivity index (χ4v) is 2.47. The summed E-state index contributed by atoms with van der Waals surface area (Å²) in [4.78, 5) is 11.7. The quantitative estimate of drug-likeness (QED) is 0.646. The number of anilines is 1. The summed E-state index contributed by atoms with van der Waals surface area (Å²) >= 11 is -2.11. The molecule has 0 saturated heterocycles. The van der Waals surface area contributed by atoms with Crippen molar-refractivity contribution in [2.45, 2.75) is 0 Å². The zero-order valence-electron chi connectivity index (χ0n) is 10.7. The minimum absolute atomic E-state index is 0.233. The van der Waals surface area contributed by atoms with Crippen molar-refractivity contribution in [3.05, 3.63) is 58.9 Å². The van der Waals surface area contributed by atoms with E-state index in [2.05, 4.69) is 14.9 Å². The van der Waals surface area contributed by atoms with Crippen LogP contribution in [-0.4, -0.2) is 19.0 Å². The molecule has 0 aliphatic heterocycles. The molecular formula is C14H11N3O3S. The van der Waals surface area contributed by atoms with Crippen LogP contribution in [0.3, 0.4) is 0 Å². The van der Waals surface area contributed by atoms with E-state index < -0.39 is 11.3 Å². The molecule has 0 aliphatic carbocycles. The molecule has 3 rings (SSSR count). The molecule has 6 nitrogen and oxygen atoms in total. The van der Waals surface area contributed by atoms with Crippen molar-refractivity contribution in [2.75, 3.05) is 4.72 Å². The van der Waals surface area contributed by atoms with Crippen LogP contribution < -0.4 is 10.3 Å². The molecule has 1 aromatic heterocycles. The van der Waals surface area contributed by atoms with Crippen LogP contribution in [0.5, 0.6) is 0 Å². The zero-order valence-corrected chi connectivity index (χ0v) is 11.6. The molecule has 1 atom stereocenters. The number of hydrogen-bond acceptors (Lipinski definition) is 3. The van der Waals surface area contributed by atoms with E-state index in [0.29, 0.717) is 16.8 Å². The monoisotopic (exact) mass is 301 g/mol. The van der Waals surface area contributed by atoms with Crippen LogP contribution in [0.1, 0.15) is 0 Å². The first-order chi connectivity index (χ1) is 10.1. The van der Waals surface area contributed by atoms with Crippen LogP contribution >= 0.6 is 0 Å². The summed E-state index contributed by atoms with van der Waals surface area (Å²) in [6, 6.07) is 14.1. The second kappa shape index (κ2) is 5.47. The van der Waals surface area contributed by atoms with Crippen molar-refractivity contribution in [1.82, 2.24) is 10.2 Å². The van der Waals surface area contributed by atoms with Crippen LogP contribution in [0.4, 0.5) is 5.69 Å². The van der Waals surface area contributed by atoms with Crippen molar-refractivity contribution in [3.63, 3.8) is 0 Å². The molecule has 3 aromatic rings. The predicted octanol–water partition coefficient (Wildman–Crippen LogP) is 2.14. The lowest BCUT2D eigenvalue weighted by molar-refractivity contribution is 0.570. The first-order valence-electron chi connectivity index (χ1n) is 6.10. The van der Waals surface area contributed by atoms with Crippen molar-refractivity contribution in [2.24, 2.45) is 0 Å². The predicted molar refractivity (Wildman–Crippen MR) is 82.2 cm³/mol. The molecular weight excluding hydrogens is 290 g/mol. The van der Waals surface area contributed by atoms with Crippen LogP contribution in [-0.2, 0) is 11.3 Å². The second-order valence-corrected chi connectivity index (χ2v) is 5.08. The maximum absolute atomic E-state index is 11.7. The van der Waals surface area contributed by atoms with Gasteiger partial charge in [-0.3, -0.25) is 14.1 Å². The van der Waals surface area contributed by atoms with Gasteiger partial charge in [-0.05, 0) is 18.2 Å². The van der Waals surface area contributed by atoms with Crippen LogP contribution in [0.2, 0.25) is 0 Å². The Kier molecular flexibility index (Phi) is 3.51. The first-order valence-corrected chi connectivity index (χ1v) is 7.21. The maximum Gasteiger partial charge on any atom is 0.272 e. The summed E-state index contributed by atoms with van der Waals surface area (Å²) in [5, 5.41) is 7.91. The minimum atomic E-state index is -2.11. The van der Waals surface area contributed by atoms with Gasteiger partial charge in [0, 0.05) is 16.6 Å². The molecule has 3 N–H and O–H groups in total. The van der Waals surface area contributed by atoms with Gasteiger partial charge in [0.15, 0.2) is 0 Å². The van der Waals surface area contributed by atoms with E-state index in [1.165, 1.54) is 0 Å². The van der Waals surface area contributed by atoms with Gasteiger partial charge >= 0.3 is 0 Å². The highest BCUT2D eigenvalue weighted by molar-refractivity contribution is 7.80. The standard InChI is InChI=1S/C14H11N3O3S/c18-14-12-4-2-1-3-11(12)13(15-16-14)9-5-7-10(8-6-9)17-21(19)20/h1-8,17H,(H,16,18)(H,19,20). The van der Waals surface area contributed by atoms with E-state index in [0.717, 1.165) is 10.9 Å². The van der Waals surface area contributed by atoms with Crippen LogP contribution in [0.25, 0.3) is 22.0 Å². The zero-order chi connectivity index (χ0) is 14.8. The average Bonchev–Trinajstić information content (AvgIpc) is 2.48. The molecule has 1 heterocycles. The molecule has 21 heavy (non-hydrogen) atoms. The molecule has 0 amide bonds. The highest BCUT2D eigenvalue weighted by atomic mass is 32.2. The summed E-state index contributed by atoms with van der Waals surface area (Å²) in [6.45, 7) is 0. The SMILES string of the molecule is O=c1[nH]nc(-c2ccc(NS(=O)O)cc2)c2ccccc12. The third-order valence-corrected chi connectivity index (χ3v) is 3.47. The maximum atomic E-state index is 11.7. The fourth-order valence-electron chi connectivity index (χ4n) is 2.13. The molecule has 0 spiro atoms. The number of nitrogens with one attached hydrogen (secondary N) is 2. The van der Waals surface area contributed by atoms with E-state index in [-0.39, 0.29) is 5.56 Å². The summed E-state index contributed by atoms with van der Waals surface area (Å²) in [6.07, 6.45) is 0. The third-order valence-electron chi connectivity index (χ3n) is 3.06. The highest BCUT2D eigenvalue weighted by Gasteiger charge is 2.08. The lowest BCUT2D eigenvalue weighted by Crippen LogP contribution is -2.09. The second-order valence-electron chi connectivity index (χ2n) is 4.38. The Morgan fingerprint density at radius 2 is 1.71 bits per heavy atom. The average molecular weight is 301 g/mol. The molecule has 0 bridgehead atoms. The normalized spacial score (nSPS) is 12.2. The first kappa shape index (κ1) is 13.5. The number of hydrogen-bond donors (Lipinski definition) is 3. The molecule has 0 aliphatic rings. The largest absolute Gasteiger partial charge is 0.289 e. The van der Waals surface area contributed by atoms with Gasteiger partial charge in [0.25, 0.3) is 16.8 Å². The fraction of sp³-hybridized carbons (Fsp3) is 0. The smallest absolute Gasteiger partial charge is 0.272 e. The van der Waals surface area contributed by atoms with E-state index in [1.54, 1.807) is 36.4 Å². The Morgan fingerprint density at radius 3 is 2.38 bits per heavy atom. The van der Waals surface area contributed by atoms with Crippen molar-refractivity contribution < 1.29 is 8.76 Å². The number of rotatable bonds is 3. The molecule has 1 unspecified atom stereocenters. The molecule has 0 saturated carbocycles. The topological polar surface area (TPSA) is 95.1 Å². The number of H-pyrrole nitrogens is 1. The third kappa shape index (κ3) is 2.69. The van der Waals surface area contributed by atoms with Gasteiger partial charge in [-0.25, -0.2) is 9.31 Å². The van der Waals surface area contributed by atoms with Gasteiger partial charge in [-0.2, -0.15) is 5.10 Å². The Morgan fingerprint density at radius 1 is 1.05 bits per heavy atom. The molecule has 2 aromatic carbocycles. The summed E-state index contributed by atoms with van der Waals surface area (Å²) in [7, 11) is 0. The Hall–Kier alpha value is -2.51.